The largest absolute Gasteiger partial charge is 0.492 e. The third-order valence-electron chi connectivity index (χ3n) is 5.89. The molecule has 3 aromatic carbocycles. The Labute approximate surface area is 216 Å². The SMILES string of the molecule is O=C1NC(=O)N(Cc2ccccc2)C(=O)/C1=C/c1cn(CCOc2ccccc2)c2ccc(Br)cc12. The quantitative estimate of drug-likeness (QED) is 0.258. The second-order valence-electron chi connectivity index (χ2n) is 8.30. The molecule has 0 spiro atoms. The fourth-order valence-electron chi connectivity index (χ4n) is 4.13. The lowest BCUT2D eigenvalue weighted by atomic mass is 10.1. The number of imide groups is 2. The van der Waals surface area contributed by atoms with Gasteiger partial charge in [-0.3, -0.25) is 19.8 Å². The molecular formula is C28H22BrN3O4. The van der Waals surface area contributed by atoms with Crippen LogP contribution in [0.15, 0.2) is 95.1 Å². The van der Waals surface area contributed by atoms with E-state index in [1.165, 1.54) is 0 Å². The van der Waals surface area contributed by atoms with Crippen LogP contribution in [-0.2, 0) is 22.7 Å². The van der Waals surface area contributed by atoms with E-state index in [9.17, 15) is 14.4 Å². The van der Waals surface area contributed by atoms with E-state index in [2.05, 4.69) is 21.2 Å². The number of para-hydroxylation sites is 1. The summed E-state index contributed by atoms with van der Waals surface area (Å²) in [5, 5.41) is 3.16. The van der Waals surface area contributed by atoms with Crippen molar-refractivity contribution >= 4 is 50.8 Å². The number of rotatable bonds is 7. The molecule has 7 nitrogen and oxygen atoms in total. The fraction of sp³-hybridized carbons (Fsp3) is 0.107. The monoisotopic (exact) mass is 543 g/mol. The summed E-state index contributed by atoms with van der Waals surface area (Å²) in [6, 6.07) is 23.8. The number of hydrogen-bond donors (Lipinski definition) is 1. The average Bonchev–Trinajstić information content (AvgIpc) is 3.22. The molecule has 5 rings (SSSR count). The van der Waals surface area contributed by atoms with Crippen molar-refractivity contribution in [3.8, 4) is 5.75 Å². The number of urea groups is 1. The van der Waals surface area contributed by atoms with Crippen molar-refractivity contribution < 1.29 is 19.1 Å². The number of hydrogen-bond acceptors (Lipinski definition) is 4. The molecule has 1 N–H and O–H groups in total. The van der Waals surface area contributed by atoms with Crippen molar-refractivity contribution in [2.75, 3.05) is 6.61 Å². The number of halogens is 1. The van der Waals surface area contributed by atoms with Gasteiger partial charge in [-0.05, 0) is 42.0 Å². The van der Waals surface area contributed by atoms with E-state index in [1.54, 1.807) is 6.08 Å². The highest BCUT2D eigenvalue weighted by Gasteiger charge is 2.35. The molecule has 4 amide bonds. The molecule has 2 heterocycles. The number of aromatic nitrogens is 1. The van der Waals surface area contributed by atoms with Gasteiger partial charge in [0.2, 0.25) is 0 Å². The molecule has 1 aromatic heterocycles. The molecule has 36 heavy (non-hydrogen) atoms. The zero-order chi connectivity index (χ0) is 25.1. The van der Waals surface area contributed by atoms with Gasteiger partial charge in [0.15, 0.2) is 0 Å². The Morgan fingerprint density at radius 3 is 2.39 bits per heavy atom. The molecule has 8 heteroatoms. The summed E-state index contributed by atoms with van der Waals surface area (Å²) >= 11 is 3.51. The number of ether oxygens (including phenoxy) is 1. The third-order valence-corrected chi connectivity index (χ3v) is 6.38. The average molecular weight is 544 g/mol. The van der Waals surface area contributed by atoms with Crippen molar-refractivity contribution in [1.82, 2.24) is 14.8 Å². The van der Waals surface area contributed by atoms with E-state index in [4.69, 9.17) is 4.74 Å². The summed E-state index contributed by atoms with van der Waals surface area (Å²) in [4.78, 5) is 39.4. The Hall–Kier alpha value is -4.17. The Balaban J connectivity index is 1.45. The summed E-state index contributed by atoms with van der Waals surface area (Å²) in [6.07, 6.45) is 3.43. The van der Waals surface area contributed by atoms with Crippen molar-refractivity contribution in [3.05, 3.63) is 106 Å². The summed E-state index contributed by atoms with van der Waals surface area (Å²) in [6.45, 7) is 1.08. The van der Waals surface area contributed by atoms with Gasteiger partial charge >= 0.3 is 6.03 Å². The zero-order valence-electron chi connectivity index (χ0n) is 19.2. The van der Waals surface area contributed by atoms with Crippen molar-refractivity contribution in [2.24, 2.45) is 0 Å². The molecule has 1 fully saturated rings. The number of nitrogens with zero attached hydrogens (tertiary/aromatic N) is 2. The Bertz CT molecular complexity index is 1480. The Morgan fingerprint density at radius 2 is 1.64 bits per heavy atom. The van der Waals surface area contributed by atoms with Crippen LogP contribution in [-0.4, -0.2) is 33.9 Å². The number of nitrogens with one attached hydrogen (secondary N) is 1. The van der Waals surface area contributed by atoms with Gasteiger partial charge in [-0.1, -0.05) is 64.5 Å². The fourth-order valence-corrected chi connectivity index (χ4v) is 4.50. The molecule has 0 saturated carbocycles. The van der Waals surface area contributed by atoms with Crippen molar-refractivity contribution in [3.63, 3.8) is 0 Å². The minimum absolute atomic E-state index is 0.0697. The van der Waals surface area contributed by atoms with Crippen LogP contribution in [0.5, 0.6) is 5.75 Å². The predicted molar refractivity (Wildman–Crippen MR) is 140 cm³/mol. The molecule has 4 aromatic rings. The highest BCUT2D eigenvalue weighted by atomic mass is 79.9. The lowest BCUT2D eigenvalue weighted by Gasteiger charge is -2.26. The molecule has 1 saturated heterocycles. The highest BCUT2D eigenvalue weighted by molar-refractivity contribution is 9.10. The molecule has 1 aliphatic rings. The van der Waals surface area contributed by atoms with Crippen LogP contribution < -0.4 is 10.1 Å². The first kappa shape index (κ1) is 23.6. The highest BCUT2D eigenvalue weighted by Crippen LogP contribution is 2.28. The Kier molecular flexibility index (Phi) is 6.69. The number of carbonyl (C=O) groups is 3. The lowest BCUT2D eigenvalue weighted by Crippen LogP contribution is -2.53. The molecule has 0 aliphatic carbocycles. The standard InChI is InChI=1S/C28H22BrN3O4/c29-21-11-12-25-23(16-21)20(18-31(25)13-14-36-22-9-5-2-6-10-22)15-24-26(33)30-28(35)32(27(24)34)17-19-7-3-1-4-8-19/h1-12,15-16,18H,13-14,17H2,(H,30,33,35)/b24-15+. The van der Waals surface area contributed by atoms with Crippen molar-refractivity contribution in [1.29, 1.82) is 0 Å². The van der Waals surface area contributed by atoms with Crippen LogP contribution in [0, 0.1) is 0 Å². The summed E-state index contributed by atoms with van der Waals surface area (Å²) < 4.78 is 8.74. The second kappa shape index (κ2) is 10.2. The van der Waals surface area contributed by atoms with Gasteiger partial charge in [0.1, 0.15) is 17.9 Å². The van der Waals surface area contributed by atoms with Gasteiger partial charge in [-0.25, -0.2) is 4.79 Å². The molecule has 0 unspecified atom stereocenters. The van der Waals surface area contributed by atoms with Crippen molar-refractivity contribution in [2.45, 2.75) is 13.1 Å². The minimum Gasteiger partial charge on any atom is -0.492 e. The number of benzene rings is 3. The first-order valence-electron chi connectivity index (χ1n) is 11.4. The van der Waals surface area contributed by atoms with Crippen LogP contribution in [0.25, 0.3) is 17.0 Å². The van der Waals surface area contributed by atoms with E-state index >= 15 is 0 Å². The number of barbiturate groups is 1. The molecule has 1 aliphatic heterocycles. The molecular weight excluding hydrogens is 522 g/mol. The van der Waals surface area contributed by atoms with Crippen LogP contribution >= 0.6 is 15.9 Å². The summed E-state index contributed by atoms with van der Waals surface area (Å²) in [7, 11) is 0. The van der Waals surface area contributed by atoms with E-state index in [1.807, 2.05) is 89.6 Å². The maximum atomic E-state index is 13.2. The summed E-state index contributed by atoms with van der Waals surface area (Å²) in [5.74, 6) is -0.555. The Morgan fingerprint density at radius 1 is 0.917 bits per heavy atom. The predicted octanol–water partition coefficient (Wildman–Crippen LogP) is 5.14. The van der Waals surface area contributed by atoms with Gasteiger partial charge in [-0.2, -0.15) is 0 Å². The lowest BCUT2D eigenvalue weighted by molar-refractivity contribution is -0.130. The maximum absolute atomic E-state index is 13.2. The maximum Gasteiger partial charge on any atom is 0.331 e. The smallest absolute Gasteiger partial charge is 0.331 e. The normalized spacial score (nSPS) is 15.0. The number of fused-ring (bicyclic) bond motifs is 1. The molecule has 0 atom stereocenters. The number of amides is 4. The second-order valence-corrected chi connectivity index (χ2v) is 9.21. The van der Waals surface area contributed by atoms with Crippen LogP contribution in [0.2, 0.25) is 0 Å². The van der Waals surface area contributed by atoms with E-state index in [0.717, 1.165) is 31.6 Å². The van der Waals surface area contributed by atoms with E-state index < -0.39 is 17.8 Å². The number of carbonyl (C=O) groups excluding carboxylic acids is 3. The van der Waals surface area contributed by atoms with Gasteiger partial charge in [0, 0.05) is 27.1 Å². The minimum atomic E-state index is -0.728. The van der Waals surface area contributed by atoms with Gasteiger partial charge in [0.05, 0.1) is 13.1 Å². The van der Waals surface area contributed by atoms with Crippen LogP contribution in [0.3, 0.4) is 0 Å². The first-order chi connectivity index (χ1) is 17.5. The van der Waals surface area contributed by atoms with Gasteiger partial charge < -0.3 is 9.30 Å². The summed E-state index contributed by atoms with van der Waals surface area (Å²) in [5.41, 5.74) is 2.32. The third kappa shape index (κ3) is 4.94. The molecule has 180 valence electrons. The molecule has 0 radical (unpaired) electrons. The zero-order valence-corrected chi connectivity index (χ0v) is 20.8. The van der Waals surface area contributed by atoms with Crippen LogP contribution in [0.1, 0.15) is 11.1 Å². The molecule has 0 bridgehead atoms. The van der Waals surface area contributed by atoms with E-state index in [-0.39, 0.29) is 12.1 Å². The van der Waals surface area contributed by atoms with Crippen LogP contribution in [0.4, 0.5) is 4.79 Å². The van der Waals surface area contributed by atoms with E-state index in [0.29, 0.717) is 18.7 Å². The van der Waals surface area contributed by atoms with Gasteiger partial charge in [-0.15, -0.1) is 0 Å². The first-order valence-corrected chi connectivity index (χ1v) is 12.2. The van der Waals surface area contributed by atoms with Gasteiger partial charge in [0.25, 0.3) is 11.8 Å². The topological polar surface area (TPSA) is 80.6 Å².